The number of rotatable bonds is 6. The molecule has 1 aliphatic heterocycles. The Morgan fingerprint density at radius 1 is 1.33 bits per heavy atom. The summed E-state index contributed by atoms with van der Waals surface area (Å²) < 4.78 is 25.0. The fourth-order valence-electron chi connectivity index (χ4n) is 2.13. The van der Waals surface area contributed by atoms with Crippen LogP contribution in [-0.2, 0) is 10.0 Å². The van der Waals surface area contributed by atoms with Crippen LogP contribution in [0.25, 0.3) is 0 Å². The van der Waals surface area contributed by atoms with E-state index in [2.05, 4.69) is 20.5 Å². The Hall–Kier alpha value is -1.22. The largest absolute Gasteiger partial charge is 0.369 e. The summed E-state index contributed by atoms with van der Waals surface area (Å²) in [6, 6.07) is 3.28. The Morgan fingerprint density at radius 3 is 2.62 bits per heavy atom. The van der Waals surface area contributed by atoms with Crippen molar-refractivity contribution in [2.75, 3.05) is 58.7 Å². The van der Waals surface area contributed by atoms with Crippen LogP contribution in [0.3, 0.4) is 0 Å². The van der Waals surface area contributed by atoms with Gasteiger partial charge in [0.25, 0.3) is 0 Å². The summed E-state index contributed by atoms with van der Waals surface area (Å²) in [5.41, 5.74) is 0. The summed E-state index contributed by atoms with van der Waals surface area (Å²) in [4.78, 5) is 6.75. The molecule has 8 heteroatoms. The van der Waals surface area contributed by atoms with Crippen molar-refractivity contribution in [1.29, 1.82) is 0 Å². The number of hydrogen-bond acceptors (Lipinski definition) is 6. The molecule has 0 aliphatic carbocycles. The molecule has 1 aliphatic rings. The Kier molecular flexibility index (Phi) is 5.51. The van der Waals surface area contributed by atoms with Crippen molar-refractivity contribution >= 4 is 15.8 Å². The molecule has 0 radical (unpaired) electrons. The molecule has 7 nitrogen and oxygen atoms in total. The lowest BCUT2D eigenvalue weighted by atomic mass is 10.3. The van der Waals surface area contributed by atoms with E-state index in [0.29, 0.717) is 5.82 Å². The van der Waals surface area contributed by atoms with Gasteiger partial charge in [-0.1, -0.05) is 0 Å². The lowest BCUT2D eigenvalue weighted by molar-refractivity contribution is 0.249. The predicted molar refractivity (Wildman–Crippen MR) is 82.9 cm³/mol. The Labute approximate surface area is 126 Å². The Balaban J connectivity index is 1.85. The highest BCUT2D eigenvalue weighted by Gasteiger charge is 2.17. The number of sulfonamides is 1. The molecule has 0 saturated carbocycles. The summed E-state index contributed by atoms with van der Waals surface area (Å²) >= 11 is 0. The van der Waals surface area contributed by atoms with E-state index in [0.717, 1.165) is 39.3 Å². The van der Waals surface area contributed by atoms with Crippen molar-refractivity contribution in [2.45, 2.75) is 4.90 Å². The van der Waals surface area contributed by atoms with Crippen LogP contribution in [0.15, 0.2) is 23.2 Å². The third-order valence-corrected chi connectivity index (χ3v) is 5.26. The zero-order valence-corrected chi connectivity index (χ0v) is 13.4. The maximum atomic E-state index is 11.9. The first-order valence-electron chi connectivity index (χ1n) is 7.05. The maximum Gasteiger partial charge on any atom is 0.244 e. The normalized spacial score (nSPS) is 17.1. The Bertz CT molecular complexity index is 538. The van der Waals surface area contributed by atoms with Crippen molar-refractivity contribution in [3.8, 4) is 0 Å². The van der Waals surface area contributed by atoms with E-state index in [4.69, 9.17) is 0 Å². The van der Waals surface area contributed by atoms with Crippen LogP contribution in [0, 0.1) is 0 Å². The molecule has 0 aromatic carbocycles. The zero-order valence-electron chi connectivity index (χ0n) is 12.5. The molecule has 0 spiro atoms. The molecule has 118 valence electrons. The third-order valence-electron chi connectivity index (χ3n) is 3.46. The van der Waals surface area contributed by atoms with Gasteiger partial charge in [0.15, 0.2) is 0 Å². The van der Waals surface area contributed by atoms with E-state index >= 15 is 0 Å². The fourth-order valence-corrected chi connectivity index (χ4v) is 2.97. The number of nitrogens with zero attached hydrogens (tertiary/aromatic N) is 3. The van der Waals surface area contributed by atoms with Gasteiger partial charge in [0, 0.05) is 59.6 Å². The minimum atomic E-state index is -3.40. The van der Waals surface area contributed by atoms with E-state index in [-0.39, 0.29) is 4.90 Å². The maximum absolute atomic E-state index is 11.9. The summed E-state index contributed by atoms with van der Waals surface area (Å²) in [6.45, 7) is 5.96. The van der Waals surface area contributed by atoms with Gasteiger partial charge in [-0.25, -0.2) is 17.7 Å². The van der Waals surface area contributed by atoms with E-state index in [1.54, 1.807) is 12.1 Å². The van der Waals surface area contributed by atoms with Gasteiger partial charge >= 0.3 is 0 Å². The summed E-state index contributed by atoms with van der Waals surface area (Å²) in [7, 11) is -0.386. The molecule has 0 amide bonds. The molecule has 0 unspecified atom stereocenters. The SMILES string of the molecule is CN(C)S(=O)(=O)c1ccc(NCCN2CCNCC2)nc1. The molecule has 0 atom stereocenters. The highest BCUT2D eigenvalue weighted by atomic mass is 32.2. The van der Waals surface area contributed by atoms with Gasteiger partial charge < -0.3 is 10.6 Å². The number of pyridine rings is 1. The van der Waals surface area contributed by atoms with Gasteiger partial charge in [0.2, 0.25) is 10.0 Å². The number of nitrogens with one attached hydrogen (secondary N) is 2. The number of aromatic nitrogens is 1. The molecule has 0 bridgehead atoms. The lowest BCUT2D eigenvalue weighted by Crippen LogP contribution is -2.45. The zero-order chi connectivity index (χ0) is 15.3. The number of piperazine rings is 1. The van der Waals surface area contributed by atoms with Gasteiger partial charge in [-0.2, -0.15) is 0 Å². The smallest absolute Gasteiger partial charge is 0.244 e. The van der Waals surface area contributed by atoms with Crippen LogP contribution in [0.1, 0.15) is 0 Å². The van der Waals surface area contributed by atoms with E-state index < -0.39 is 10.0 Å². The van der Waals surface area contributed by atoms with Gasteiger partial charge in [0.1, 0.15) is 10.7 Å². The molecule has 21 heavy (non-hydrogen) atoms. The van der Waals surface area contributed by atoms with Crippen LogP contribution in [0.5, 0.6) is 0 Å². The molecule has 2 rings (SSSR count). The van der Waals surface area contributed by atoms with Crippen LogP contribution in [0.4, 0.5) is 5.82 Å². The minimum absolute atomic E-state index is 0.208. The van der Waals surface area contributed by atoms with Gasteiger partial charge in [0.05, 0.1) is 0 Å². The van der Waals surface area contributed by atoms with Crippen LogP contribution in [-0.4, -0.2) is 76.0 Å². The van der Waals surface area contributed by atoms with Crippen LogP contribution < -0.4 is 10.6 Å². The minimum Gasteiger partial charge on any atom is -0.369 e. The molecule has 2 N–H and O–H groups in total. The first kappa shape index (κ1) is 16.2. The second-order valence-corrected chi connectivity index (χ2v) is 7.34. The molecule has 2 heterocycles. The Morgan fingerprint density at radius 2 is 2.05 bits per heavy atom. The topological polar surface area (TPSA) is 77.6 Å². The first-order valence-corrected chi connectivity index (χ1v) is 8.50. The van der Waals surface area contributed by atoms with Crippen molar-refractivity contribution in [3.05, 3.63) is 18.3 Å². The summed E-state index contributed by atoms with van der Waals surface area (Å²) in [6.07, 6.45) is 1.39. The fraction of sp³-hybridized carbons (Fsp3) is 0.615. The third kappa shape index (κ3) is 4.37. The van der Waals surface area contributed by atoms with E-state index in [1.165, 1.54) is 24.6 Å². The second kappa shape index (κ2) is 7.17. The number of hydrogen-bond donors (Lipinski definition) is 2. The average Bonchev–Trinajstić information content (AvgIpc) is 2.49. The monoisotopic (exact) mass is 313 g/mol. The van der Waals surface area contributed by atoms with Gasteiger partial charge in [-0.15, -0.1) is 0 Å². The average molecular weight is 313 g/mol. The molecule has 1 fully saturated rings. The van der Waals surface area contributed by atoms with E-state index in [9.17, 15) is 8.42 Å². The van der Waals surface area contributed by atoms with Gasteiger partial charge in [-0.3, -0.25) is 4.90 Å². The van der Waals surface area contributed by atoms with Crippen molar-refractivity contribution in [1.82, 2.24) is 19.5 Å². The van der Waals surface area contributed by atoms with Crippen molar-refractivity contribution in [2.24, 2.45) is 0 Å². The lowest BCUT2D eigenvalue weighted by Gasteiger charge is -2.27. The van der Waals surface area contributed by atoms with Crippen LogP contribution >= 0.6 is 0 Å². The molecular weight excluding hydrogens is 290 g/mol. The highest BCUT2D eigenvalue weighted by Crippen LogP contribution is 2.13. The summed E-state index contributed by atoms with van der Waals surface area (Å²) in [5.74, 6) is 0.697. The molecule has 1 aromatic heterocycles. The van der Waals surface area contributed by atoms with Crippen molar-refractivity contribution < 1.29 is 8.42 Å². The quantitative estimate of drug-likeness (QED) is 0.747. The van der Waals surface area contributed by atoms with E-state index in [1.807, 2.05) is 0 Å². The number of anilines is 1. The summed E-state index contributed by atoms with van der Waals surface area (Å²) in [5, 5.41) is 6.54. The highest BCUT2D eigenvalue weighted by molar-refractivity contribution is 7.89. The molecular formula is C13H23N5O2S. The predicted octanol–water partition coefficient (Wildman–Crippen LogP) is -0.351. The molecule has 1 aromatic rings. The standard InChI is InChI=1S/C13H23N5O2S/c1-17(2)21(19,20)12-3-4-13(16-11-12)15-7-10-18-8-5-14-6-9-18/h3-4,11,14H,5-10H2,1-2H3,(H,15,16). The second-order valence-electron chi connectivity index (χ2n) is 5.18. The van der Waals surface area contributed by atoms with Crippen LogP contribution in [0.2, 0.25) is 0 Å². The first-order chi connectivity index (χ1) is 10.00. The van der Waals surface area contributed by atoms with Crippen molar-refractivity contribution in [3.63, 3.8) is 0 Å². The molecule has 1 saturated heterocycles. The van der Waals surface area contributed by atoms with Gasteiger partial charge in [-0.05, 0) is 12.1 Å².